The molecule has 21 heavy (non-hydrogen) atoms. The third kappa shape index (κ3) is 8.27. The summed E-state index contributed by atoms with van der Waals surface area (Å²) in [6.45, 7) is 6.19. The van der Waals surface area contributed by atoms with Gasteiger partial charge in [0.05, 0.1) is 0 Å². The molecule has 0 radical (unpaired) electrons. The van der Waals surface area contributed by atoms with E-state index in [4.69, 9.17) is 5.73 Å². The van der Waals surface area contributed by atoms with Crippen LogP contribution < -0.4 is 16.4 Å². The van der Waals surface area contributed by atoms with Crippen molar-refractivity contribution in [2.45, 2.75) is 71.4 Å². The van der Waals surface area contributed by atoms with Crippen LogP contribution in [-0.4, -0.2) is 30.4 Å². The predicted molar refractivity (Wildman–Crippen MR) is 87.3 cm³/mol. The van der Waals surface area contributed by atoms with E-state index in [9.17, 15) is 9.59 Å². The maximum atomic E-state index is 11.8. The Hall–Kier alpha value is -0.810. The Morgan fingerprint density at radius 3 is 2.24 bits per heavy atom. The van der Waals surface area contributed by atoms with Gasteiger partial charge < -0.3 is 16.4 Å². The Morgan fingerprint density at radius 2 is 1.71 bits per heavy atom. The minimum atomic E-state index is -0.372. The molecule has 1 aliphatic carbocycles. The average molecular weight is 320 g/mol. The largest absolute Gasteiger partial charge is 0.356 e. The third-order valence-corrected chi connectivity index (χ3v) is 3.68. The minimum Gasteiger partial charge on any atom is -0.356 e. The minimum absolute atomic E-state index is 0. The molecule has 0 heterocycles. The molecule has 0 aromatic carbocycles. The van der Waals surface area contributed by atoms with E-state index in [-0.39, 0.29) is 35.7 Å². The second-order valence-electron chi connectivity index (χ2n) is 6.79. The zero-order chi connectivity index (χ0) is 15.2. The third-order valence-electron chi connectivity index (χ3n) is 3.68. The van der Waals surface area contributed by atoms with Crippen LogP contribution in [0.1, 0.15) is 59.3 Å². The van der Waals surface area contributed by atoms with E-state index >= 15 is 0 Å². The Kier molecular flexibility index (Phi) is 8.90. The van der Waals surface area contributed by atoms with E-state index in [1.807, 2.05) is 20.8 Å². The van der Waals surface area contributed by atoms with Crippen molar-refractivity contribution in [1.29, 1.82) is 0 Å². The van der Waals surface area contributed by atoms with Gasteiger partial charge in [-0.1, -0.05) is 20.8 Å². The highest BCUT2D eigenvalue weighted by atomic mass is 35.5. The van der Waals surface area contributed by atoms with Crippen LogP contribution in [0.3, 0.4) is 0 Å². The van der Waals surface area contributed by atoms with Crippen molar-refractivity contribution < 1.29 is 9.59 Å². The molecule has 124 valence electrons. The second-order valence-corrected chi connectivity index (χ2v) is 6.79. The number of carbonyl (C=O) groups excluding carboxylic acids is 2. The molecular weight excluding hydrogens is 290 g/mol. The average Bonchev–Trinajstić information content (AvgIpc) is 2.36. The SMILES string of the molecule is CC(C)(C)C(=O)NCCCC(=O)NC1CCC(N)CC1.Cl. The number of carbonyl (C=O) groups is 2. The monoisotopic (exact) mass is 319 g/mol. The highest BCUT2D eigenvalue weighted by molar-refractivity contribution is 5.85. The van der Waals surface area contributed by atoms with E-state index in [0.29, 0.717) is 25.4 Å². The Balaban J connectivity index is 0.00000400. The van der Waals surface area contributed by atoms with E-state index in [0.717, 1.165) is 25.7 Å². The van der Waals surface area contributed by atoms with Gasteiger partial charge in [-0.15, -0.1) is 12.4 Å². The fraction of sp³-hybridized carbons (Fsp3) is 0.867. The van der Waals surface area contributed by atoms with Crippen molar-refractivity contribution in [2.75, 3.05) is 6.54 Å². The van der Waals surface area contributed by atoms with Gasteiger partial charge in [-0.05, 0) is 32.1 Å². The smallest absolute Gasteiger partial charge is 0.225 e. The predicted octanol–water partition coefficient (Wildman–Crippen LogP) is 1.74. The van der Waals surface area contributed by atoms with Gasteiger partial charge >= 0.3 is 0 Å². The van der Waals surface area contributed by atoms with Crippen molar-refractivity contribution in [3.63, 3.8) is 0 Å². The Bertz CT molecular complexity index is 334. The lowest BCUT2D eigenvalue weighted by atomic mass is 9.92. The van der Waals surface area contributed by atoms with Gasteiger partial charge in [0.15, 0.2) is 0 Å². The van der Waals surface area contributed by atoms with Crippen molar-refractivity contribution in [3.05, 3.63) is 0 Å². The summed E-state index contributed by atoms with van der Waals surface area (Å²) in [5.41, 5.74) is 5.46. The highest BCUT2D eigenvalue weighted by Crippen LogP contribution is 2.17. The lowest BCUT2D eigenvalue weighted by Gasteiger charge is -2.26. The van der Waals surface area contributed by atoms with Gasteiger partial charge in [0.25, 0.3) is 0 Å². The molecule has 0 saturated heterocycles. The molecule has 4 N–H and O–H groups in total. The summed E-state index contributed by atoms with van der Waals surface area (Å²) in [5, 5.41) is 5.90. The molecule has 1 fully saturated rings. The van der Waals surface area contributed by atoms with Crippen LogP contribution in [0.2, 0.25) is 0 Å². The maximum absolute atomic E-state index is 11.8. The molecule has 0 aliphatic heterocycles. The topological polar surface area (TPSA) is 84.2 Å². The molecule has 0 aromatic heterocycles. The summed E-state index contributed by atoms with van der Waals surface area (Å²) >= 11 is 0. The number of halogens is 1. The maximum Gasteiger partial charge on any atom is 0.225 e. The zero-order valence-corrected chi connectivity index (χ0v) is 14.2. The molecule has 1 rings (SSSR count). The molecule has 2 amide bonds. The van der Waals surface area contributed by atoms with Crippen molar-refractivity contribution >= 4 is 24.2 Å². The first-order valence-electron chi connectivity index (χ1n) is 7.62. The molecule has 1 saturated carbocycles. The first-order chi connectivity index (χ1) is 9.29. The summed E-state index contributed by atoms with van der Waals surface area (Å²) in [4.78, 5) is 23.4. The molecule has 0 spiro atoms. The van der Waals surface area contributed by atoms with Gasteiger partial charge in [0.1, 0.15) is 0 Å². The summed E-state index contributed by atoms with van der Waals surface area (Å²) in [7, 11) is 0. The fourth-order valence-corrected chi connectivity index (χ4v) is 2.28. The van der Waals surface area contributed by atoms with Crippen molar-refractivity contribution in [2.24, 2.45) is 11.1 Å². The molecule has 5 nitrogen and oxygen atoms in total. The molecule has 1 aliphatic rings. The number of hydrogen-bond donors (Lipinski definition) is 3. The van der Waals surface area contributed by atoms with Gasteiger partial charge in [0.2, 0.25) is 11.8 Å². The van der Waals surface area contributed by atoms with E-state index < -0.39 is 0 Å². The quantitative estimate of drug-likeness (QED) is 0.675. The summed E-state index contributed by atoms with van der Waals surface area (Å²) in [6, 6.07) is 0.585. The van der Waals surface area contributed by atoms with E-state index in [1.54, 1.807) is 0 Å². The second kappa shape index (κ2) is 9.26. The van der Waals surface area contributed by atoms with Crippen LogP contribution in [0.25, 0.3) is 0 Å². The molecule has 6 heteroatoms. The lowest BCUT2D eigenvalue weighted by molar-refractivity contribution is -0.128. The van der Waals surface area contributed by atoms with Crippen LogP contribution in [0, 0.1) is 5.41 Å². The van der Waals surface area contributed by atoms with E-state index in [1.165, 1.54) is 0 Å². The van der Waals surface area contributed by atoms with E-state index in [2.05, 4.69) is 10.6 Å². The summed E-state index contributed by atoms with van der Waals surface area (Å²) in [5.74, 6) is 0.106. The normalized spacial score (nSPS) is 22.1. The number of nitrogens with two attached hydrogens (primary N) is 1. The molecule has 0 bridgehead atoms. The van der Waals surface area contributed by atoms with Gasteiger partial charge in [-0.2, -0.15) is 0 Å². The molecular formula is C15H30ClN3O2. The summed E-state index contributed by atoms with van der Waals surface area (Å²) < 4.78 is 0. The van der Waals surface area contributed by atoms with Crippen molar-refractivity contribution in [3.8, 4) is 0 Å². The Morgan fingerprint density at radius 1 is 1.14 bits per heavy atom. The van der Waals surface area contributed by atoms with Crippen LogP contribution in [0.5, 0.6) is 0 Å². The first kappa shape index (κ1) is 20.2. The first-order valence-corrected chi connectivity index (χ1v) is 7.62. The van der Waals surface area contributed by atoms with Crippen LogP contribution >= 0.6 is 12.4 Å². The fourth-order valence-electron chi connectivity index (χ4n) is 2.28. The highest BCUT2D eigenvalue weighted by Gasteiger charge is 2.21. The summed E-state index contributed by atoms with van der Waals surface area (Å²) in [6.07, 6.45) is 5.09. The number of hydrogen-bond acceptors (Lipinski definition) is 3. The van der Waals surface area contributed by atoms with Gasteiger partial charge in [-0.25, -0.2) is 0 Å². The lowest BCUT2D eigenvalue weighted by Crippen LogP contribution is -2.40. The molecule has 0 aromatic rings. The standard InChI is InChI=1S/C15H29N3O2.ClH/c1-15(2,3)14(20)17-10-4-5-13(19)18-12-8-6-11(16)7-9-12;/h11-12H,4-10,16H2,1-3H3,(H,17,20)(H,18,19);1H. The molecule has 0 unspecified atom stereocenters. The number of rotatable bonds is 5. The van der Waals surface area contributed by atoms with Gasteiger partial charge in [-0.3, -0.25) is 9.59 Å². The Labute approximate surface area is 134 Å². The number of amides is 2. The van der Waals surface area contributed by atoms with Crippen LogP contribution in [0.15, 0.2) is 0 Å². The van der Waals surface area contributed by atoms with Crippen molar-refractivity contribution in [1.82, 2.24) is 10.6 Å². The number of nitrogens with one attached hydrogen (secondary N) is 2. The molecule has 0 atom stereocenters. The zero-order valence-electron chi connectivity index (χ0n) is 13.4. The van der Waals surface area contributed by atoms with Gasteiger partial charge in [0, 0.05) is 30.5 Å². The van der Waals surface area contributed by atoms with Crippen LogP contribution in [0.4, 0.5) is 0 Å². The van der Waals surface area contributed by atoms with Crippen LogP contribution in [-0.2, 0) is 9.59 Å².